The molecule has 2 heterocycles. The molecule has 0 aliphatic carbocycles. The quantitative estimate of drug-likeness (QED) is 0.639. The molecule has 0 aromatic carbocycles. The zero-order chi connectivity index (χ0) is 15.6. The Morgan fingerprint density at radius 1 is 1.71 bits per heavy atom. The van der Waals surface area contributed by atoms with Gasteiger partial charge in [-0.1, -0.05) is 0 Å². The molecule has 0 bridgehead atoms. The molecule has 1 aliphatic heterocycles. The van der Waals surface area contributed by atoms with Crippen molar-refractivity contribution < 1.29 is 28.6 Å². The Morgan fingerprint density at radius 2 is 2.43 bits per heavy atom. The predicted molar refractivity (Wildman–Crippen MR) is 73.1 cm³/mol. The number of nitrogens with two attached hydrogens (primary N) is 1. The molecule has 0 radical (unpaired) electrons. The molecule has 4 N–H and O–H groups in total. The summed E-state index contributed by atoms with van der Waals surface area (Å²) in [6, 6.07) is 1.44. The van der Waals surface area contributed by atoms with Gasteiger partial charge in [-0.2, -0.15) is 4.98 Å². The molecular formula is C9H12N3O7PS. The van der Waals surface area contributed by atoms with Crippen molar-refractivity contribution in [1.82, 2.24) is 9.55 Å². The lowest BCUT2D eigenvalue weighted by molar-refractivity contribution is -0.00335. The number of ether oxygens (including phenoxy) is 1. The van der Waals surface area contributed by atoms with E-state index in [4.69, 9.17) is 20.5 Å². The highest BCUT2D eigenvalue weighted by molar-refractivity contribution is 8.00. The van der Waals surface area contributed by atoms with Crippen molar-refractivity contribution in [2.75, 3.05) is 18.1 Å². The molecule has 1 aliphatic rings. The maximum Gasteiger partial charge on any atom is 0.435 e. The molecule has 0 saturated carbocycles. The van der Waals surface area contributed by atoms with Crippen molar-refractivity contribution in [2.24, 2.45) is 0 Å². The van der Waals surface area contributed by atoms with Gasteiger partial charge in [0.05, 0.1) is 6.61 Å². The highest BCUT2D eigenvalue weighted by Gasteiger charge is 2.34. The Balaban J connectivity index is 1.96. The minimum atomic E-state index is -4.70. The molecule has 0 spiro atoms. The molecule has 3 atom stereocenters. The summed E-state index contributed by atoms with van der Waals surface area (Å²) in [7, 11) is -4.70. The van der Waals surface area contributed by atoms with E-state index in [-0.39, 0.29) is 5.82 Å². The number of thioether (sulfide) groups is 1. The lowest BCUT2D eigenvalue weighted by Gasteiger charge is -2.15. The number of hydrogen-bond donors (Lipinski definition) is 3. The smallest absolute Gasteiger partial charge is 0.435 e. The van der Waals surface area contributed by atoms with E-state index in [1.54, 1.807) is 0 Å². The Labute approximate surface area is 122 Å². The van der Waals surface area contributed by atoms with Crippen LogP contribution in [0.3, 0.4) is 0 Å². The van der Waals surface area contributed by atoms with Crippen molar-refractivity contribution in [2.45, 2.75) is 11.7 Å². The van der Waals surface area contributed by atoms with Crippen molar-refractivity contribution in [1.29, 1.82) is 0 Å². The van der Waals surface area contributed by atoms with E-state index in [2.05, 4.69) is 9.51 Å². The van der Waals surface area contributed by atoms with Crippen LogP contribution in [-0.2, 0) is 13.8 Å². The van der Waals surface area contributed by atoms with Gasteiger partial charge >= 0.3 is 19.0 Å². The van der Waals surface area contributed by atoms with E-state index in [1.165, 1.54) is 28.6 Å². The van der Waals surface area contributed by atoms with Crippen LogP contribution in [0.4, 0.5) is 10.6 Å². The summed E-state index contributed by atoms with van der Waals surface area (Å²) in [5.41, 5.74) is 2.19. The fraction of sp³-hybridized carbons (Fsp3) is 0.444. The zero-order valence-corrected chi connectivity index (χ0v) is 12.2. The van der Waals surface area contributed by atoms with Crippen LogP contribution in [0.5, 0.6) is 0 Å². The van der Waals surface area contributed by atoms with Crippen LogP contribution in [0.25, 0.3) is 0 Å². The molecule has 0 amide bonds. The molecule has 1 aromatic heterocycles. The van der Waals surface area contributed by atoms with Crippen LogP contribution < -0.4 is 11.4 Å². The topological polar surface area (TPSA) is 154 Å². The Kier molecular flexibility index (Phi) is 4.69. The first-order valence-corrected chi connectivity index (χ1v) is 8.25. The third-order valence-electron chi connectivity index (χ3n) is 2.52. The number of nitrogen functional groups attached to an aromatic ring is 1. The van der Waals surface area contributed by atoms with E-state index >= 15 is 0 Å². The maximum absolute atomic E-state index is 11.6. The number of rotatable bonds is 5. The molecule has 1 fully saturated rings. The Bertz CT molecular complexity index is 650. The second kappa shape index (κ2) is 6.16. The first kappa shape index (κ1) is 16.0. The van der Waals surface area contributed by atoms with Gasteiger partial charge in [-0.15, -0.1) is 11.8 Å². The highest BCUT2D eigenvalue weighted by Crippen LogP contribution is 2.44. The molecule has 2 rings (SSSR count). The van der Waals surface area contributed by atoms with Gasteiger partial charge in [0, 0.05) is 11.9 Å². The molecule has 116 valence electrons. The summed E-state index contributed by atoms with van der Waals surface area (Å²) < 4.78 is 22.2. The monoisotopic (exact) mass is 337 g/mol. The van der Waals surface area contributed by atoms with Crippen molar-refractivity contribution in [3.8, 4) is 0 Å². The van der Waals surface area contributed by atoms with Crippen molar-refractivity contribution >= 4 is 30.9 Å². The molecule has 12 heteroatoms. The van der Waals surface area contributed by atoms with Crippen LogP contribution >= 0.6 is 19.4 Å². The number of anilines is 1. The van der Waals surface area contributed by atoms with Crippen molar-refractivity contribution in [3.63, 3.8) is 0 Å². The number of nitrogens with zero attached hydrogens (tertiary/aromatic N) is 2. The van der Waals surface area contributed by atoms with Gasteiger partial charge in [0.1, 0.15) is 17.5 Å². The molecular weight excluding hydrogens is 325 g/mol. The van der Waals surface area contributed by atoms with Gasteiger partial charge in [-0.25, -0.2) is 14.2 Å². The Hall–Kier alpha value is -1.39. The van der Waals surface area contributed by atoms with E-state index in [0.29, 0.717) is 5.75 Å². The summed E-state index contributed by atoms with van der Waals surface area (Å²) in [4.78, 5) is 34.6. The van der Waals surface area contributed by atoms with Gasteiger partial charge in [-0.3, -0.25) is 9.09 Å². The van der Waals surface area contributed by atoms with Crippen LogP contribution in [0.2, 0.25) is 0 Å². The van der Waals surface area contributed by atoms with Crippen LogP contribution in [0.15, 0.2) is 17.1 Å². The maximum atomic E-state index is 11.6. The lowest BCUT2D eigenvalue weighted by Crippen LogP contribution is -2.28. The van der Waals surface area contributed by atoms with Gasteiger partial charge < -0.3 is 20.5 Å². The van der Waals surface area contributed by atoms with Crippen molar-refractivity contribution in [3.05, 3.63) is 22.7 Å². The standard InChI is InChI=1S/C9H12N3O7PS/c10-5-1-2-12(8(13)11-5)6-4-21-7(19-6)3-18-20(16,17)9(14)15/h1-2,6-7H,3-4H2,(H,14,15)(H,16,17)(H2,10,11,13)/t6-,7+/m0/s1. The second-order valence-electron chi connectivity index (χ2n) is 3.99. The lowest BCUT2D eigenvalue weighted by atomic mass is 10.5. The summed E-state index contributed by atoms with van der Waals surface area (Å²) in [5.74, 6) is 0.465. The molecule has 1 unspecified atom stereocenters. The summed E-state index contributed by atoms with van der Waals surface area (Å²) in [5, 5.41) is 8.46. The summed E-state index contributed by atoms with van der Waals surface area (Å²) >= 11 is 1.22. The van der Waals surface area contributed by atoms with Crippen LogP contribution in [0.1, 0.15) is 6.23 Å². The number of hydrogen-bond acceptors (Lipinski definition) is 8. The summed E-state index contributed by atoms with van der Waals surface area (Å²) in [6.07, 6.45) is 0.792. The molecule has 1 aromatic rings. The molecule has 21 heavy (non-hydrogen) atoms. The van der Waals surface area contributed by atoms with Gasteiger partial charge in [0.15, 0.2) is 0 Å². The van der Waals surface area contributed by atoms with Crippen LogP contribution in [0, 0.1) is 0 Å². The average Bonchev–Trinajstić information content (AvgIpc) is 2.85. The summed E-state index contributed by atoms with van der Waals surface area (Å²) in [6.45, 7) is -0.390. The fourth-order valence-electron chi connectivity index (χ4n) is 1.54. The largest absolute Gasteiger partial charge is 0.472 e. The van der Waals surface area contributed by atoms with Gasteiger partial charge in [-0.05, 0) is 6.07 Å². The van der Waals surface area contributed by atoms with E-state index in [0.717, 1.165) is 0 Å². The number of aromatic nitrogens is 2. The molecule has 10 nitrogen and oxygen atoms in total. The van der Waals surface area contributed by atoms with E-state index in [9.17, 15) is 14.2 Å². The zero-order valence-electron chi connectivity index (χ0n) is 10.5. The third kappa shape index (κ3) is 3.83. The van der Waals surface area contributed by atoms with Crippen LogP contribution in [-0.4, -0.2) is 43.1 Å². The fourth-order valence-corrected chi connectivity index (χ4v) is 3.08. The highest BCUT2D eigenvalue weighted by atomic mass is 32.2. The SMILES string of the molecule is Nc1ccn([C@@H]2CS[C@H](COP(=O)(O)C(=O)O)O2)c(=O)n1. The first-order chi connectivity index (χ1) is 9.79. The normalized spacial score (nSPS) is 24.6. The molecule has 1 saturated heterocycles. The number of carbonyl (C=O) groups is 1. The van der Waals surface area contributed by atoms with E-state index in [1.807, 2.05) is 0 Å². The van der Waals surface area contributed by atoms with Gasteiger partial charge in [0.2, 0.25) is 0 Å². The average molecular weight is 337 g/mol. The number of carboxylic acid groups (broad SMARTS) is 1. The third-order valence-corrected chi connectivity index (χ3v) is 4.60. The predicted octanol–water partition coefficient (Wildman–Crippen LogP) is 0.294. The minimum Gasteiger partial charge on any atom is -0.472 e. The van der Waals surface area contributed by atoms with E-state index < -0.39 is 37.3 Å². The first-order valence-electron chi connectivity index (χ1n) is 5.62. The Morgan fingerprint density at radius 3 is 3.05 bits per heavy atom. The van der Waals surface area contributed by atoms with Gasteiger partial charge in [0.25, 0.3) is 0 Å². The second-order valence-corrected chi connectivity index (χ2v) is 6.87. The minimum absolute atomic E-state index is 0.0875.